The second kappa shape index (κ2) is 5.65. The highest BCUT2D eigenvalue weighted by Gasteiger charge is 2.13. The minimum absolute atomic E-state index is 0.0646. The van der Waals surface area contributed by atoms with Crippen LogP contribution < -0.4 is 5.73 Å². The zero-order valence-corrected chi connectivity index (χ0v) is 11.7. The van der Waals surface area contributed by atoms with Gasteiger partial charge in [-0.3, -0.25) is 0 Å². The van der Waals surface area contributed by atoms with Crippen molar-refractivity contribution >= 4 is 0 Å². The van der Waals surface area contributed by atoms with E-state index < -0.39 is 0 Å². The van der Waals surface area contributed by atoms with Gasteiger partial charge in [-0.2, -0.15) is 0 Å². The molecule has 1 aromatic carbocycles. The van der Waals surface area contributed by atoms with Crippen LogP contribution in [0.25, 0.3) is 0 Å². The standard InChI is InChI=1S/C15H25NO/c1-11-6-7-12(2)13(8-11)9-14(16)10-17-15(3,4)5/h6-8,14H,9-10,16H2,1-5H3. The first-order valence-corrected chi connectivity index (χ1v) is 6.23. The molecule has 17 heavy (non-hydrogen) atoms. The Morgan fingerprint density at radius 3 is 2.47 bits per heavy atom. The van der Waals surface area contributed by atoms with Gasteiger partial charge in [0.2, 0.25) is 0 Å². The zero-order chi connectivity index (χ0) is 13.1. The summed E-state index contributed by atoms with van der Waals surface area (Å²) in [5.74, 6) is 0. The molecular weight excluding hydrogens is 210 g/mol. The molecule has 0 amide bonds. The van der Waals surface area contributed by atoms with Gasteiger partial charge in [0.1, 0.15) is 0 Å². The third-order valence-electron chi connectivity index (χ3n) is 2.72. The fourth-order valence-corrected chi connectivity index (χ4v) is 1.72. The molecule has 0 spiro atoms. The maximum atomic E-state index is 6.11. The van der Waals surface area contributed by atoms with Crippen LogP contribution >= 0.6 is 0 Å². The first-order valence-electron chi connectivity index (χ1n) is 6.23. The molecule has 0 radical (unpaired) electrons. The number of benzene rings is 1. The second-order valence-corrected chi connectivity index (χ2v) is 5.82. The largest absolute Gasteiger partial charge is 0.374 e. The van der Waals surface area contributed by atoms with E-state index in [1.807, 2.05) is 0 Å². The third kappa shape index (κ3) is 5.33. The summed E-state index contributed by atoms with van der Waals surface area (Å²) in [6.07, 6.45) is 0.879. The smallest absolute Gasteiger partial charge is 0.0627 e. The van der Waals surface area contributed by atoms with Gasteiger partial charge < -0.3 is 10.5 Å². The van der Waals surface area contributed by atoms with Crippen LogP contribution in [0.2, 0.25) is 0 Å². The van der Waals surface area contributed by atoms with E-state index in [-0.39, 0.29) is 11.6 Å². The Hall–Kier alpha value is -0.860. The Morgan fingerprint density at radius 1 is 1.24 bits per heavy atom. The summed E-state index contributed by atoms with van der Waals surface area (Å²) in [4.78, 5) is 0. The van der Waals surface area contributed by atoms with Crippen molar-refractivity contribution in [1.29, 1.82) is 0 Å². The summed E-state index contributed by atoms with van der Waals surface area (Å²) in [5.41, 5.74) is 9.92. The predicted octanol–water partition coefficient (Wildman–Crippen LogP) is 2.99. The van der Waals surface area contributed by atoms with Gasteiger partial charge in [0.25, 0.3) is 0 Å². The van der Waals surface area contributed by atoms with Crippen LogP contribution in [0.4, 0.5) is 0 Å². The highest BCUT2D eigenvalue weighted by molar-refractivity contribution is 5.31. The number of aryl methyl sites for hydroxylation is 2. The summed E-state index contributed by atoms with van der Waals surface area (Å²) in [5, 5.41) is 0. The van der Waals surface area contributed by atoms with E-state index in [1.165, 1.54) is 16.7 Å². The van der Waals surface area contributed by atoms with Crippen LogP contribution in [-0.2, 0) is 11.2 Å². The molecule has 1 aromatic rings. The summed E-state index contributed by atoms with van der Waals surface area (Å²) in [7, 11) is 0. The fraction of sp³-hybridized carbons (Fsp3) is 0.600. The number of nitrogens with two attached hydrogens (primary N) is 1. The Bertz CT molecular complexity index is 366. The molecule has 0 aromatic heterocycles. The molecule has 96 valence electrons. The van der Waals surface area contributed by atoms with Crippen molar-refractivity contribution in [2.24, 2.45) is 5.73 Å². The SMILES string of the molecule is Cc1ccc(C)c(CC(N)COC(C)(C)C)c1. The lowest BCUT2D eigenvalue weighted by atomic mass is 9.99. The molecule has 0 saturated heterocycles. The van der Waals surface area contributed by atoms with Crippen LogP contribution in [0, 0.1) is 13.8 Å². The van der Waals surface area contributed by atoms with E-state index in [2.05, 4.69) is 52.8 Å². The van der Waals surface area contributed by atoms with Crippen LogP contribution in [0.1, 0.15) is 37.5 Å². The molecule has 2 N–H and O–H groups in total. The molecule has 0 heterocycles. The fourth-order valence-electron chi connectivity index (χ4n) is 1.72. The van der Waals surface area contributed by atoms with E-state index >= 15 is 0 Å². The first kappa shape index (κ1) is 14.2. The topological polar surface area (TPSA) is 35.2 Å². The summed E-state index contributed by atoms with van der Waals surface area (Å²) >= 11 is 0. The number of rotatable bonds is 4. The Balaban J connectivity index is 2.56. The third-order valence-corrected chi connectivity index (χ3v) is 2.72. The molecule has 0 fully saturated rings. The summed E-state index contributed by atoms with van der Waals surface area (Å²) < 4.78 is 5.71. The van der Waals surface area contributed by atoms with Gasteiger partial charge >= 0.3 is 0 Å². The van der Waals surface area contributed by atoms with Crippen molar-refractivity contribution in [3.8, 4) is 0 Å². The van der Waals surface area contributed by atoms with Crippen molar-refractivity contribution in [2.75, 3.05) is 6.61 Å². The molecule has 1 rings (SSSR count). The highest BCUT2D eigenvalue weighted by Crippen LogP contribution is 2.14. The lowest BCUT2D eigenvalue weighted by Crippen LogP contribution is -2.33. The number of hydrogen-bond acceptors (Lipinski definition) is 2. The summed E-state index contributed by atoms with van der Waals surface area (Å²) in [6.45, 7) is 11.0. The van der Waals surface area contributed by atoms with Crippen molar-refractivity contribution in [3.05, 3.63) is 34.9 Å². The molecular formula is C15H25NO. The molecule has 1 unspecified atom stereocenters. The minimum atomic E-state index is -0.112. The Labute approximate surface area is 105 Å². The molecule has 0 bridgehead atoms. The van der Waals surface area contributed by atoms with Gasteiger partial charge in [-0.1, -0.05) is 23.8 Å². The molecule has 0 aliphatic rings. The van der Waals surface area contributed by atoms with E-state index in [4.69, 9.17) is 10.5 Å². The van der Waals surface area contributed by atoms with E-state index in [9.17, 15) is 0 Å². The number of ether oxygens (including phenoxy) is 1. The molecule has 1 atom stereocenters. The average molecular weight is 235 g/mol. The molecule has 0 saturated carbocycles. The number of hydrogen-bond donors (Lipinski definition) is 1. The van der Waals surface area contributed by atoms with Crippen molar-refractivity contribution in [2.45, 2.75) is 52.7 Å². The van der Waals surface area contributed by atoms with Crippen molar-refractivity contribution in [3.63, 3.8) is 0 Å². The minimum Gasteiger partial charge on any atom is -0.374 e. The van der Waals surface area contributed by atoms with Crippen LogP contribution in [0.15, 0.2) is 18.2 Å². The van der Waals surface area contributed by atoms with E-state index in [0.717, 1.165) is 6.42 Å². The lowest BCUT2D eigenvalue weighted by molar-refractivity contribution is -0.00984. The molecule has 2 heteroatoms. The van der Waals surface area contributed by atoms with Crippen LogP contribution in [0.5, 0.6) is 0 Å². The van der Waals surface area contributed by atoms with Gasteiger partial charge in [0.15, 0.2) is 0 Å². The second-order valence-electron chi connectivity index (χ2n) is 5.82. The Kier molecular flexibility index (Phi) is 4.72. The van der Waals surface area contributed by atoms with Gasteiger partial charge in [-0.15, -0.1) is 0 Å². The van der Waals surface area contributed by atoms with Gasteiger partial charge in [0.05, 0.1) is 12.2 Å². The lowest BCUT2D eigenvalue weighted by Gasteiger charge is -2.23. The quantitative estimate of drug-likeness (QED) is 0.870. The summed E-state index contributed by atoms with van der Waals surface area (Å²) in [6, 6.07) is 6.57. The maximum Gasteiger partial charge on any atom is 0.0627 e. The van der Waals surface area contributed by atoms with Crippen LogP contribution in [0.3, 0.4) is 0 Å². The van der Waals surface area contributed by atoms with Gasteiger partial charge in [-0.25, -0.2) is 0 Å². The van der Waals surface area contributed by atoms with E-state index in [0.29, 0.717) is 6.61 Å². The monoisotopic (exact) mass is 235 g/mol. The average Bonchev–Trinajstić information content (AvgIpc) is 2.20. The molecule has 0 aliphatic carbocycles. The zero-order valence-electron chi connectivity index (χ0n) is 11.7. The molecule has 0 aliphatic heterocycles. The van der Waals surface area contributed by atoms with Crippen molar-refractivity contribution in [1.82, 2.24) is 0 Å². The van der Waals surface area contributed by atoms with E-state index in [1.54, 1.807) is 0 Å². The predicted molar refractivity (Wildman–Crippen MR) is 73.3 cm³/mol. The first-order chi connectivity index (χ1) is 7.78. The van der Waals surface area contributed by atoms with Crippen LogP contribution in [-0.4, -0.2) is 18.2 Å². The Morgan fingerprint density at radius 2 is 1.88 bits per heavy atom. The van der Waals surface area contributed by atoms with Gasteiger partial charge in [-0.05, 0) is 52.2 Å². The van der Waals surface area contributed by atoms with Gasteiger partial charge in [0, 0.05) is 6.04 Å². The molecule has 2 nitrogen and oxygen atoms in total. The maximum absolute atomic E-state index is 6.11. The normalized spacial score (nSPS) is 13.8. The highest BCUT2D eigenvalue weighted by atomic mass is 16.5. The van der Waals surface area contributed by atoms with Crippen molar-refractivity contribution < 1.29 is 4.74 Å².